The molecule has 2 aromatic rings. The second-order valence-electron chi connectivity index (χ2n) is 6.63. The average Bonchev–Trinajstić information content (AvgIpc) is 2.69. The average molecular weight is 370 g/mol. The Balaban J connectivity index is 1.97. The van der Waals surface area contributed by atoms with Crippen molar-refractivity contribution >= 4 is 5.91 Å². The molecule has 0 spiro atoms. The van der Waals surface area contributed by atoms with Crippen molar-refractivity contribution in [2.75, 3.05) is 26.8 Å². The van der Waals surface area contributed by atoms with E-state index in [0.717, 1.165) is 37.9 Å². The number of ether oxygens (including phenoxy) is 2. The SMILES string of the molecule is CCCN(CCC)C(=O)Cc1ccc(OCCc2ccccc2)c(OC)c1. The van der Waals surface area contributed by atoms with Crippen LogP contribution < -0.4 is 9.47 Å². The van der Waals surface area contributed by atoms with Gasteiger partial charge in [0.1, 0.15) is 0 Å². The molecule has 0 fully saturated rings. The lowest BCUT2D eigenvalue weighted by molar-refractivity contribution is -0.130. The maximum Gasteiger partial charge on any atom is 0.226 e. The molecule has 0 N–H and O–H groups in total. The van der Waals surface area contributed by atoms with Crippen molar-refractivity contribution in [2.24, 2.45) is 0 Å². The molecule has 1 amide bonds. The largest absolute Gasteiger partial charge is 0.493 e. The molecule has 0 aliphatic carbocycles. The lowest BCUT2D eigenvalue weighted by Crippen LogP contribution is -2.33. The summed E-state index contributed by atoms with van der Waals surface area (Å²) in [4.78, 5) is 14.5. The Hall–Kier alpha value is -2.49. The number of hydrogen-bond acceptors (Lipinski definition) is 3. The second kappa shape index (κ2) is 11.3. The Morgan fingerprint density at radius 1 is 0.926 bits per heavy atom. The molecule has 0 aliphatic heterocycles. The van der Waals surface area contributed by atoms with E-state index in [-0.39, 0.29) is 5.91 Å². The molecule has 0 bridgehead atoms. The molecule has 4 nitrogen and oxygen atoms in total. The van der Waals surface area contributed by atoms with E-state index in [0.29, 0.717) is 24.5 Å². The third-order valence-electron chi connectivity index (χ3n) is 4.41. The van der Waals surface area contributed by atoms with Gasteiger partial charge in [-0.05, 0) is 36.1 Å². The van der Waals surface area contributed by atoms with Gasteiger partial charge in [-0.1, -0.05) is 50.2 Å². The van der Waals surface area contributed by atoms with Crippen LogP contribution >= 0.6 is 0 Å². The van der Waals surface area contributed by atoms with E-state index in [1.54, 1.807) is 7.11 Å². The molecule has 0 saturated heterocycles. The van der Waals surface area contributed by atoms with Crippen molar-refractivity contribution in [1.29, 1.82) is 0 Å². The monoisotopic (exact) mass is 369 g/mol. The fourth-order valence-corrected chi connectivity index (χ4v) is 3.05. The summed E-state index contributed by atoms with van der Waals surface area (Å²) in [6.45, 7) is 6.40. The van der Waals surface area contributed by atoms with Crippen LogP contribution in [0.3, 0.4) is 0 Å². The second-order valence-corrected chi connectivity index (χ2v) is 6.63. The number of methoxy groups -OCH3 is 1. The minimum Gasteiger partial charge on any atom is -0.493 e. The molecule has 27 heavy (non-hydrogen) atoms. The predicted octanol–water partition coefficient (Wildman–Crippen LogP) is 4.51. The van der Waals surface area contributed by atoms with E-state index in [9.17, 15) is 4.79 Å². The van der Waals surface area contributed by atoms with E-state index >= 15 is 0 Å². The summed E-state index contributed by atoms with van der Waals surface area (Å²) in [7, 11) is 1.63. The normalized spacial score (nSPS) is 10.5. The van der Waals surface area contributed by atoms with Gasteiger partial charge in [-0.3, -0.25) is 4.79 Å². The van der Waals surface area contributed by atoms with E-state index in [2.05, 4.69) is 26.0 Å². The summed E-state index contributed by atoms with van der Waals surface area (Å²) in [5.41, 5.74) is 2.19. The van der Waals surface area contributed by atoms with Crippen LogP contribution in [0.2, 0.25) is 0 Å². The highest BCUT2D eigenvalue weighted by Gasteiger charge is 2.14. The molecule has 0 aliphatic rings. The maximum absolute atomic E-state index is 12.6. The van der Waals surface area contributed by atoms with E-state index < -0.39 is 0 Å². The van der Waals surface area contributed by atoms with E-state index in [4.69, 9.17) is 9.47 Å². The molecule has 0 unspecified atom stereocenters. The summed E-state index contributed by atoms with van der Waals surface area (Å²) in [6, 6.07) is 16.0. The smallest absolute Gasteiger partial charge is 0.226 e. The highest BCUT2D eigenvalue weighted by Crippen LogP contribution is 2.28. The number of hydrogen-bond donors (Lipinski definition) is 0. The highest BCUT2D eigenvalue weighted by molar-refractivity contribution is 5.79. The first-order valence-corrected chi connectivity index (χ1v) is 9.79. The molecule has 2 rings (SSSR count). The third-order valence-corrected chi connectivity index (χ3v) is 4.41. The number of rotatable bonds is 11. The van der Waals surface area contributed by atoms with Gasteiger partial charge in [-0.25, -0.2) is 0 Å². The first-order chi connectivity index (χ1) is 13.2. The lowest BCUT2D eigenvalue weighted by Gasteiger charge is -2.21. The van der Waals surface area contributed by atoms with E-state index in [1.165, 1.54) is 5.56 Å². The standard InChI is InChI=1S/C23H31NO3/c1-4-14-24(15-5-2)23(25)18-20-11-12-21(22(17-20)26-3)27-16-13-19-9-7-6-8-10-19/h6-12,17H,4-5,13-16,18H2,1-3H3. The number of carbonyl (C=O) groups excluding carboxylic acids is 1. The Bertz CT molecular complexity index is 694. The van der Waals surface area contributed by atoms with Gasteiger partial charge in [0.15, 0.2) is 11.5 Å². The van der Waals surface area contributed by atoms with Gasteiger partial charge in [0.2, 0.25) is 5.91 Å². The Morgan fingerprint density at radius 3 is 2.26 bits per heavy atom. The van der Waals surface area contributed by atoms with Crippen LogP contribution in [0.4, 0.5) is 0 Å². The van der Waals surface area contributed by atoms with Crippen LogP contribution in [0.25, 0.3) is 0 Å². The van der Waals surface area contributed by atoms with Crippen LogP contribution in [-0.2, 0) is 17.6 Å². The fourth-order valence-electron chi connectivity index (χ4n) is 3.05. The van der Waals surface area contributed by atoms with E-state index in [1.807, 2.05) is 41.3 Å². The van der Waals surface area contributed by atoms with Gasteiger partial charge in [0.25, 0.3) is 0 Å². The summed E-state index contributed by atoms with van der Waals surface area (Å²) >= 11 is 0. The minimum absolute atomic E-state index is 0.165. The molecule has 0 heterocycles. The van der Waals surface area contributed by atoms with Crippen LogP contribution in [0.5, 0.6) is 11.5 Å². The maximum atomic E-state index is 12.6. The van der Waals surface area contributed by atoms with Gasteiger partial charge in [-0.15, -0.1) is 0 Å². The van der Waals surface area contributed by atoms with Crippen molar-refractivity contribution in [3.8, 4) is 11.5 Å². The van der Waals surface area contributed by atoms with Gasteiger partial charge < -0.3 is 14.4 Å². The van der Waals surface area contributed by atoms with Crippen LogP contribution in [0, 0.1) is 0 Å². The highest BCUT2D eigenvalue weighted by atomic mass is 16.5. The van der Waals surface area contributed by atoms with Gasteiger partial charge in [0, 0.05) is 19.5 Å². The zero-order valence-electron chi connectivity index (χ0n) is 16.7. The molecule has 2 aromatic carbocycles. The zero-order chi connectivity index (χ0) is 19.5. The topological polar surface area (TPSA) is 38.8 Å². The third kappa shape index (κ3) is 6.63. The zero-order valence-corrected chi connectivity index (χ0v) is 16.7. The van der Waals surface area contributed by atoms with Crippen molar-refractivity contribution in [2.45, 2.75) is 39.5 Å². The lowest BCUT2D eigenvalue weighted by atomic mass is 10.1. The molecule has 0 saturated carbocycles. The van der Waals surface area contributed by atoms with Crippen molar-refractivity contribution < 1.29 is 14.3 Å². The fraction of sp³-hybridized carbons (Fsp3) is 0.435. The Labute approximate surface area is 163 Å². The molecule has 0 radical (unpaired) electrons. The quantitative estimate of drug-likeness (QED) is 0.585. The van der Waals surface area contributed by atoms with Gasteiger partial charge >= 0.3 is 0 Å². The molecule has 146 valence electrons. The first-order valence-electron chi connectivity index (χ1n) is 9.79. The number of carbonyl (C=O) groups is 1. The van der Waals surface area contributed by atoms with Crippen LogP contribution in [0.1, 0.15) is 37.8 Å². The molecule has 4 heteroatoms. The Morgan fingerprint density at radius 2 is 1.63 bits per heavy atom. The molecule has 0 aromatic heterocycles. The molecule has 0 atom stereocenters. The molecular formula is C23H31NO3. The molecular weight excluding hydrogens is 338 g/mol. The summed E-state index contributed by atoms with van der Waals surface area (Å²) in [5.74, 6) is 1.55. The number of nitrogens with zero attached hydrogens (tertiary/aromatic N) is 1. The summed E-state index contributed by atoms with van der Waals surface area (Å²) in [6.07, 6.45) is 3.18. The van der Waals surface area contributed by atoms with Crippen LogP contribution in [0.15, 0.2) is 48.5 Å². The number of benzene rings is 2. The van der Waals surface area contributed by atoms with Crippen LogP contribution in [-0.4, -0.2) is 37.6 Å². The number of amides is 1. The van der Waals surface area contributed by atoms with Crippen molar-refractivity contribution in [1.82, 2.24) is 4.90 Å². The van der Waals surface area contributed by atoms with Gasteiger partial charge in [-0.2, -0.15) is 0 Å². The minimum atomic E-state index is 0.165. The van der Waals surface area contributed by atoms with Crippen molar-refractivity contribution in [3.05, 3.63) is 59.7 Å². The van der Waals surface area contributed by atoms with Gasteiger partial charge in [0.05, 0.1) is 20.1 Å². The van der Waals surface area contributed by atoms with Crippen molar-refractivity contribution in [3.63, 3.8) is 0 Å². The summed E-state index contributed by atoms with van der Waals surface area (Å²) < 4.78 is 11.4. The predicted molar refractivity (Wildman–Crippen MR) is 110 cm³/mol. The Kier molecular flexibility index (Phi) is 8.69. The summed E-state index contributed by atoms with van der Waals surface area (Å²) in [5, 5.41) is 0. The first kappa shape index (κ1) is 20.8.